The van der Waals surface area contributed by atoms with Crippen LogP contribution in [0.5, 0.6) is 11.5 Å². The summed E-state index contributed by atoms with van der Waals surface area (Å²) >= 11 is 0. The van der Waals surface area contributed by atoms with Crippen molar-refractivity contribution < 1.29 is 38.9 Å². The number of aliphatic carboxylic acids is 2. The van der Waals surface area contributed by atoms with E-state index in [-0.39, 0.29) is 17.4 Å². The number of carbonyl (C=O) groups is 4. The zero-order valence-corrected chi connectivity index (χ0v) is 19.8. The Morgan fingerprint density at radius 1 is 0.743 bits per heavy atom. The SMILES string of the molecule is CC(NC(=O)Oc1cc(/C=C/c2ccccc2)cc(OC(=O)NC(C)C(=O)O)c1C(C)C)C(=O)O. The summed E-state index contributed by atoms with van der Waals surface area (Å²) < 4.78 is 10.8. The molecule has 10 heteroatoms. The molecule has 0 aliphatic heterocycles. The molecule has 2 atom stereocenters. The molecule has 0 bridgehead atoms. The van der Waals surface area contributed by atoms with Crippen molar-refractivity contribution in [1.29, 1.82) is 0 Å². The van der Waals surface area contributed by atoms with Crippen LogP contribution in [0.4, 0.5) is 9.59 Å². The molecule has 2 unspecified atom stereocenters. The topological polar surface area (TPSA) is 151 Å². The van der Waals surface area contributed by atoms with Gasteiger partial charge in [-0.2, -0.15) is 0 Å². The fourth-order valence-corrected chi connectivity index (χ4v) is 2.95. The molecule has 0 heterocycles. The van der Waals surface area contributed by atoms with Crippen LogP contribution >= 0.6 is 0 Å². The Morgan fingerprint density at radius 3 is 1.57 bits per heavy atom. The zero-order valence-electron chi connectivity index (χ0n) is 19.8. The van der Waals surface area contributed by atoms with Crippen LogP contribution in [0.1, 0.15) is 50.3 Å². The molecular formula is C25H28N2O8. The van der Waals surface area contributed by atoms with Gasteiger partial charge in [0.15, 0.2) is 0 Å². The van der Waals surface area contributed by atoms with E-state index in [9.17, 15) is 19.2 Å². The van der Waals surface area contributed by atoms with Gasteiger partial charge in [-0.3, -0.25) is 9.59 Å². The van der Waals surface area contributed by atoms with Crippen molar-refractivity contribution in [3.8, 4) is 11.5 Å². The van der Waals surface area contributed by atoms with Crippen molar-refractivity contribution in [1.82, 2.24) is 10.6 Å². The van der Waals surface area contributed by atoms with E-state index in [2.05, 4.69) is 10.6 Å². The van der Waals surface area contributed by atoms with Crippen LogP contribution in [0.25, 0.3) is 12.2 Å². The second kappa shape index (κ2) is 12.2. The van der Waals surface area contributed by atoms with Crippen molar-refractivity contribution in [2.45, 2.75) is 45.7 Å². The monoisotopic (exact) mass is 484 g/mol. The summed E-state index contributed by atoms with van der Waals surface area (Å²) in [4.78, 5) is 46.8. The molecule has 10 nitrogen and oxygen atoms in total. The average Bonchev–Trinajstić information content (AvgIpc) is 2.77. The number of carboxylic acids is 2. The molecule has 2 rings (SSSR count). The summed E-state index contributed by atoms with van der Waals surface area (Å²) in [5.41, 5.74) is 1.77. The second-order valence-electron chi connectivity index (χ2n) is 8.02. The first-order valence-electron chi connectivity index (χ1n) is 10.8. The molecule has 0 fully saturated rings. The fraction of sp³-hybridized carbons (Fsp3) is 0.280. The highest BCUT2D eigenvalue weighted by Crippen LogP contribution is 2.37. The standard InChI is InChI=1S/C25H28N2O8/c1-14(2)21-19(34-24(32)26-15(3)22(28)29)12-18(11-10-17-8-6-5-7-9-17)13-20(21)35-25(33)27-16(4)23(30)31/h5-16H,1-4H3,(H,26,32)(H,27,33)(H,28,29)(H,30,31)/b11-10+. The van der Waals surface area contributed by atoms with Crippen molar-refractivity contribution in [2.75, 3.05) is 0 Å². The summed E-state index contributed by atoms with van der Waals surface area (Å²) in [6, 6.07) is 10.1. The van der Waals surface area contributed by atoms with Crippen molar-refractivity contribution in [3.63, 3.8) is 0 Å². The summed E-state index contributed by atoms with van der Waals surface area (Å²) in [5, 5.41) is 22.5. The lowest BCUT2D eigenvalue weighted by Crippen LogP contribution is -2.40. The predicted octanol–water partition coefficient (Wildman–Crippen LogP) is 4.10. The largest absolute Gasteiger partial charge is 0.480 e. The minimum Gasteiger partial charge on any atom is -0.480 e. The van der Waals surface area contributed by atoms with Crippen molar-refractivity contribution >= 4 is 36.3 Å². The third kappa shape index (κ3) is 8.18. The Morgan fingerprint density at radius 2 is 1.17 bits per heavy atom. The number of ether oxygens (including phenoxy) is 2. The Bertz CT molecular complexity index is 1050. The summed E-state index contributed by atoms with van der Waals surface area (Å²) in [7, 11) is 0. The van der Waals surface area contributed by atoms with E-state index >= 15 is 0 Å². The Hall–Kier alpha value is -4.34. The van der Waals surface area contributed by atoms with Crippen LogP contribution < -0.4 is 20.1 Å². The first kappa shape index (κ1) is 26.9. The van der Waals surface area contributed by atoms with Crippen LogP contribution in [0.3, 0.4) is 0 Å². The molecular weight excluding hydrogens is 456 g/mol. The molecule has 4 N–H and O–H groups in total. The quantitative estimate of drug-likeness (QED) is 0.388. The Kier molecular flexibility index (Phi) is 9.39. The van der Waals surface area contributed by atoms with Gasteiger partial charge in [-0.15, -0.1) is 0 Å². The van der Waals surface area contributed by atoms with Crippen molar-refractivity contribution in [2.24, 2.45) is 0 Å². The van der Waals surface area contributed by atoms with Crippen LogP contribution in [0.15, 0.2) is 42.5 Å². The van der Waals surface area contributed by atoms with E-state index in [0.717, 1.165) is 5.56 Å². The molecule has 2 aromatic carbocycles. The van der Waals surface area contributed by atoms with E-state index < -0.39 is 36.2 Å². The summed E-state index contributed by atoms with van der Waals surface area (Å²) in [6.07, 6.45) is 1.52. The van der Waals surface area contributed by atoms with Gasteiger partial charge in [0.2, 0.25) is 0 Å². The molecule has 2 amide bonds. The van der Waals surface area contributed by atoms with Crippen LogP contribution in [0.2, 0.25) is 0 Å². The van der Waals surface area contributed by atoms with Crippen molar-refractivity contribution in [3.05, 3.63) is 59.2 Å². The van der Waals surface area contributed by atoms with Crippen LogP contribution in [-0.2, 0) is 9.59 Å². The number of hydrogen-bond acceptors (Lipinski definition) is 6. The smallest absolute Gasteiger partial charge is 0.413 e. The van der Waals surface area contributed by atoms with Gasteiger partial charge in [0.25, 0.3) is 0 Å². The Labute approximate surface area is 202 Å². The Balaban J connectivity index is 2.47. The minimum atomic E-state index is -1.24. The molecule has 0 aromatic heterocycles. The lowest BCUT2D eigenvalue weighted by molar-refractivity contribution is -0.139. The number of carboxylic acid groups (broad SMARTS) is 2. The van der Waals surface area contributed by atoms with E-state index in [1.165, 1.54) is 13.8 Å². The van der Waals surface area contributed by atoms with Gasteiger partial charge in [0.1, 0.15) is 23.6 Å². The number of rotatable bonds is 9. The minimum absolute atomic E-state index is 0.0550. The average molecular weight is 485 g/mol. The maximum atomic E-state index is 12.3. The molecule has 2 aromatic rings. The fourth-order valence-electron chi connectivity index (χ4n) is 2.95. The molecule has 0 aliphatic rings. The predicted molar refractivity (Wildman–Crippen MR) is 128 cm³/mol. The zero-order chi connectivity index (χ0) is 26.1. The highest BCUT2D eigenvalue weighted by atomic mass is 16.6. The lowest BCUT2D eigenvalue weighted by atomic mass is 9.98. The van der Waals surface area contributed by atoms with Gasteiger partial charge in [-0.05, 0) is 43.0 Å². The molecule has 35 heavy (non-hydrogen) atoms. The van der Waals surface area contributed by atoms with E-state index in [0.29, 0.717) is 11.1 Å². The second-order valence-corrected chi connectivity index (χ2v) is 8.02. The normalized spacial score (nSPS) is 12.6. The van der Waals surface area contributed by atoms with Gasteiger partial charge >= 0.3 is 24.1 Å². The first-order chi connectivity index (χ1) is 16.5. The van der Waals surface area contributed by atoms with E-state index in [1.807, 2.05) is 30.3 Å². The van der Waals surface area contributed by atoms with E-state index in [1.54, 1.807) is 38.1 Å². The number of hydrogen-bond donors (Lipinski definition) is 4. The molecule has 0 saturated heterocycles. The highest BCUT2D eigenvalue weighted by Gasteiger charge is 2.23. The summed E-state index contributed by atoms with van der Waals surface area (Å²) in [6.45, 7) is 6.14. The van der Waals surface area contributed by atoms with Gasteiger partial charge in [-0.1, -0.05) is 56.3 Å². The van der Waals surface area contributed by atoms with Crippen LogP contribution in [-0.4, -0.2) is 46.4 Å². The third-order valence-electron chi connectivity index (χ3n) is 4.79. The molecule has 0 spiro atoms. The molecule has 0 saturated carbocycles. The summed E-state index contributed by atoms with van der Waals surface area (Å²) in [5.74, 6) is -2.65. The number of nitrogens with one attached hydrogen (secondary N) is 2. The number of carbonyl (C=O) groups excluding carboxylic acids is 2. The lowest BCUT2D eigenvalue weighted by Gasteiger charge is -2.19. The van der Waals surface area contributed by atoms with Gasteiger partial charge < -0.3 is 30.3 Å². The molecule has 0 aliphatic carbocycles. The number of benzene rings is 2. The van der Waals surface area contributed by atoms with Crippen LogP contribution in [0, 0.1) is 0 Å². The third-order valence-corrected chi connectivity index (χ3v) is 4.79. The van der Waals surface area contributed by atoms with Gasteiger partial charge in [-0.25, -0.2) is 9.59 Å². The molecule has 0 radical (unpaired) electrons. The maximum Gasteiger partial charge on any atom is 0.413 e. The van der Waals surface area contributed by atoms with Gasteiger partial charge in [0, 0.05) is 5.56 Å². The highest BCUT2D eigenvalue weighted by molar-refractivity contribution is 5.83. The molecule has 186 valence electrons. The number of amides is 2. The van der Waals surface area contributed by atoms with E-state index in [4.69, 9.17) is 19.7 Å². The maximum absolute atomic E-state index is 12.3. The first-order valence-corrected chi connectivity index (χ1v) is 10.8. The van der Waals surface area contributed by atoms with Gasteiger partial charge in [0.05, 0.1) is 0 Å².